The zero-order valence-electron chi connectivity index (χ0n) is 10.7. The summed E-state index contributed by atoms with van der Waals surface area (Å²) in [5.74, 6) is -0.406. The van der Waals surface area contributed by atoms with Crippen molar-refractivity contribution >= 4 is 29.1 Å². The van der Waals surface area contributed by atoms with Crippen molar-refractivity contribution in [3.8, 4) is 0 Å². The normalized spacial score (nSPS) is 24.2. The first kappa shape index (κ1) is 14.6. The largest absolute Gasteiger partial charge is 0.392 e. The topological polar surface area (TPSA) is 49.3 Å². The molecule has 2 rings (SSSR count). The number of hydrogen-bond donors (Lipinski definition) is 2. The Morgan fingerprint density at radius 1 is 1.42 bits per heavy atom. The maximum atomic E-state index is 12.1. The van der Waals surface area contributed by atoms with Gasteiger partial charge >= 0.3 is 0 Å². The molecule has 3 atom stereocenters. The van der Waals surface area contributed by atoms with Gasteiger partial charge in [0.25, 0.3) is 0 Å². The highest BCUT2D eigenvalue weighted by molar-refractivity contribution is 6.35. The highest BCUT2D eigenvalue weighted by atomic mass is 35.5. The van der Waals surface area contributed by atoms with Gasteiger partial charge in [-0.2, -0.15) is 0 Å². The zero-order valence-corrected chi connectivity index (χ0v) is 12.2. The highest BCUT2D eigenvalue weighted by Gasteiger charge is 2.32. The maximum Gasteiger partial charge on any atom is 0.226 e. The van der Waals surface area contributed by atoms with Crippen LogP contribution < -0.4 is 5.32 Å². The van der Waals surface area contributed by atoms with E-state index in [9.17, 15) is 9.90 Å². The second-order valence-corrected chi connectivity index (χ2v) is 5.84. The first-order chi connectivity index (χ1) is 8.99. The molecule has 1 aliphatic carbocycles. The van der Waals surface area contributed by atoms with Crippen LogP contribution in [0, 0.1) is 5.92 Å². The number of aliphatic hydroxyl groups excluding tert-OH is 1. The van der Waals surface area contributed by atoms with Crippen molar-refractivity contribution in [2.75, 3.05) is 0 Å². The molecule has 3 unspecified atom stereocenters. The first-order valence-corrected chi connectivity index (χ1v) is 7.18. The minimum absolute atomic E-state index is 0.108. The summed E-state index contributed by atoms with van der Waals surface area (Å²) in [5, 5.41) is 13.7. The Hall–Kier alpha value is -0.770. The molecule has 0 bridgehead atoms. The number of benzene rings is 1. The number of halogens is 2. The summed E-state index contributed by atoms with van der Waals surface area (Å²) >= 11 is 12.0. The van der Waals surface area contributed by atoms with Crippen LogP contribution in [0.4, 0.5) is 0 Å². The lowest BCUT2D eigenvalue weighted by atomic mass is 10.0. The summed E-state index contributed by atoms with van der Waals surface area (Å²) in [4.78, 5) is 12.1. The minimum Gasteiger partial charge on any atom is -0.392 e. The molecule has 0 spiro atoms. The third kappa shape index (κ3) is 3.41. The van der Waals surface area contributed by atoms with Gasteiger partial charge < -0.3 is 10.4 Å². The van der Waals surface area contributed by atoms with Crippen LogP contribution in [0.1, 0.15) is 37.8 Å². The van der Waals surface area contributed by atoms with E-state index in [4.69, 9.17) is 23.2 Å². The van der Waals surface area contributed by atoms with Crippen LogP contribution in [0.3, 0.4) is 0 Å². The van der Waals surface area contributed by atoms with Gasteiger partial charge in [-0.25, -0.2) is 0 Å². The molecule has 3 nitrogen and oxygen atoms in total. The molecule has 0 saturated heterocycles. The smallest absolute Gasteiger partial charge is 0.226 e. The monoisotopic (exact) mass is 301 g/mol. The molecule has 1 aromatic carbocycles. The van der Waals surface area contributed by atoms with Gasteiger partial charge in [0.1, 0.15) is 0 Å². The molecule has 1 aliphatic rings. The maximum absolute atomic E-state index is 12.1. The van der Waals surface area contributed by atoms with E-state index in [-0.39, 0.29) is 17.9 Å². The first-order valence-electron chi connectivity index (χ1n) is 6.42. The number of aliphatic hydroxyl groups is 1. The molecule has 19 heavy (non-hydrogen) atoms. The predicted octanol–water partition coefficient (Wildman–Crippen LogP) is 3.33. The summed E-state index contributed by atoms with van der Waals surface area (Å²) in [7, 11) is 0. The van der Waals surface area contributed by atoms with Gasteiger partial charge in [0.2, 0.25) is 5.91 Å². The van der Waals surface area contributed by atoms with E-state index in [0.29, 0.717) is 16.5 Å². The van der Waals surface area contributed by atoms with Gasteiger partial charge in [0, 0.05) is 10.0 Å². The molecule has 1 amide bonds. The fourth-order valence-electron chi connectivity index (χ4n) is 2.50. The lowest BCUT2D eigenvalue weighted by Gasteiger charge is -2.20. The third-order valence-corrected chi connectivity index (χ3v) is 4.17. The Balaban J connectivity index is 2.04. The van der Waals surface area contributed by atoms with Gasteiger partial charge in [-0.05, 0) is 43.9 Å². The third-order valence-electron chi connectivity index (χ3n) is 3.60. The Labute approximate surface area is 122 Å². The lowest BCUT2D eigenvalue weighted by molar-refractivity contribution is -0.128. The van der Waals surface area contributed by atoms with Crippen LogP contribution in [0.2, 0.25) is 10.0 Å². The average molecular weight is 302 g/mol. The van der Waals surface area contributed by atoms with E-state index in [1.807, 2.05) is 6.92 Å². The molecule has 0 aromatic heterocycles. The van der Waals surface area contributed by atoms with Crippen molar-refractivity contribution in [3.63, 3.8) is 0 Å². The van der Waals surface area contributed by atoms with E-state index >= 15 is 0 Å². The Kier molecular flexibility index (Phi) is 4.71. The van der Waals surface area contributed by atoms with E-state index < -0.39 is 6.10 Å². The van der Waals surface area contributed by atoms with Crippen molar-refractivity contribution in [2.24, 2.45) is 5.92 Å². The van der Waals surface area contributed by atoms with Crippen LogP contribution >= 0.6 is 23.2 Å². The molecule has 1 aromatic rings. The van der Waals surface area contributed by atoms with Gasteiger partial charge in [-0.15, -0.1) is 0 Å². The molecule has 0 radical (unpaired) electrons. The van der Waals surface area contributed by atoms with Crippen molar-refractivity contribution in [1.82, 2.24) is 5.32 Å². The van der Waals surface area contributed by atoms with E-state index in [1.54, 1.807) is 18.2 Å². The number of amides is 1. The van der Waals surface area contributed by atoms with Crippen LogP contribution in [0.5, 0.6) is 0 Å². The molecule has 1 fully saturated rings. The average Bonchev–Trinajstić information content (AvgIpc) is 2.75. The fourth-order valence-corrected chi connectivity index (χ4v) is 3.07. The second kappa shape index (κ2) is 6.12. The number of hydrogen-bond acceptors (Lipinski definition) is 2. The van der Waals surface area contributed by atoms with E-state index in [1.165, 1.54) is 0 Å². The van der Waals surface area contributed by atoms with Crippen LogP contribution in [-0.2, 0) is 4.79 Å². The zero-order chi connectivity index (χ0) is 14.0. The minimum atomic E-state index is -0.520. The second-order valence-electron chi connectivity index (χ2n) is 5.00. The van der Waals surface area contributed by atoms with Crippen molar-refractivity contribution < 1.29 is 9.90 Å². The molecule has 0 heterocycles. The number of carbonyl (C=O) groups excluding carboxylic acids is 1. The van der Waals surface area contributed by atoms with Gasteiger partial charge in [0.15, 0.2) is 0 Å². The lowest BCUT2D eigenvalue weighted by Crippen LogP contribution is -2.36. The molecule has 2 N–H and O–H groups in total. The Morgan fingerprint density at radius 2 is 2.16 bits per heavy atom. The molecular formula is C14H17Cl2NO2. The quantitative estimate of drug-likeness (QED) is 0.899. The Bertz CT molecular complexity index is 479. The predicted molar refractivity (Wildman–Crippen MR) is 76.4 cm³/mol. The van der Waals surface area contributed by atoms with E-state index in [0.717, 1.165) is 18.4 Å². The number of rotatable bonds is 3. The molecule has 5 heteroatoms. The molecule has 1 saturated carbocycles. The summed E-state index contributed by atoms with van der Waals surface area (Å²) in [5.41, 5.74) is 0.826. The standard InChI is InChI=1S/C14H17Cl2NO2/c1-8(10-6-5-9(15)7-12(10)16)17-14(19)11-3-2-4-13(11)18/h5-8,11,13,18H,2-4H2,1H3,(H,17,19). The molecular weight excluding hydrogens is 285 g/mol. The number of carbonyl (C=O) groups is 1. The summed E-state index contributed by atoms with van der Waals surface area (Å²) in [6.07, 6.45) is 1.82. The van der Waals surface area contributed by atoms with Crippen LogP contribution in [0.25, 0.3) is 0 Å². The van der Waals surface area contributed by atoms with Gasteiger partial charge in [-0.3, -0.25) is 4.79 Å². The van der Waals surface area contributed by atoms with Crippen molar-refractivity contribution in [2.45, 2.75) is 38.3 Å². The summed E-state index contributed by atoms with van der Waals surface area (Å²) in [6, 6.07) is 5.01. The molecule has 0 aliphatic heterocycles. The van der Waals surface area contributed by atoms with Crippen molar-refractivity contribution in [3.05, 3.63) is 33.8 Å². The van der Waals surface area contributed by atoms with Gasteiger partial charge in [-0.1, -0.05) is 29.3 Å². The van der Waals surface area contributed by atoms with E-state index in [2.05, 4.69) is 5.32 Å². The van der Waals surface area contributed by atoms with Gasteiger partial charge in [0.05, 0.1) is 18.1 Å². The Morgan fingerprint density at radius 3 is 2.74 bits per heavy atom. The van der Waals surface area contributed by atoms with Crippen molar-refractivity contribution in [1.29, 1.82) is 0 Å². The fraction of sp³-hybridized carbons (Fsp3) is 0.500. The van der Waals surface area contributed by atoms with Crippen LogP contribution in [-0.4, -0.2) is 17.1 Å². The number of nitrogens with one attached hydrogen (secondary N) is 1. The van der Waals surface area contributed by atoms with Crippen LogP contribution in [0.15, 0.2) is 18.2 Å². The molecule has 104 valence electrons. The highest BCUT2D eigenvalue weighted by Crippen LogP contribution is 2.29. The SMILES string of the molecule is CC(NC(=O)C1CCCC1O)c1ccc(Cl)cc1Cl. The summed E-state index contributed by atoms with van der Waals surface area (Å²) in [6.45, 7) is 1.87. The summed E-state index contributed by atoms with van der Waals surface area (Å²) < 4.78 is 0.